The van der Waals surface area contributed by atoms with E-state index in [4.69, 9.17) is 4.74 Å². The van der Waals surface area contributed by atoms with Crippen LogP contribution in [0, 0.1) is 5.92 Å². The van der Waals surface area contributed by atoms with Crippen LogP contribution in [0.25, 0.3) is 11.0 Å². The van der Waals surface area contributed by atoms with Crippen LogP contribution in [0.15, 0.2) is 18.3 Å². The highest BCUT2D eigenvalue weighted by atomic mass is 19.4. The number of nitrogens with zero attached hydrogens (tertiary/aromatic N) is 6. The number of rotatable bonds is 7. The maximum atomic E-state index is 12.9. The second kappa shape index (κ2) is 9.27. The van der Waals surface area contributed by atoms with E-state index >= 15 is 0 Å². The molecule has 1 amide bonds. The van der Waals surface area contributed by atoms with Crippen LogP contribution in [0.2, 0.25) is 0 Å². The Balaban J connectivity index is 1.33. The number of aromatic nitrogens is 6. The molecule has 1 saturated carbocycles. The molecule has 2 N–H and O–H groups in total. The first kappa shape index (κ1) is 23.2. The molecule has 0 bridgehead atoms. The lowest BCUT2D eigenvalue weighted by atomic mass is 9.92. The number of anilines is 1. The van der Waals surface area contributed by atoms with Crippen LogP contribution in [0.5, 0.6) is 6.01 Å². The zero-order valence-electron chi connectivity index (χ0n) is 19.0. The van der Waals surface area contributed by atoms with Crippen LogP contribution in [-0.4, -0.2) is 68.0 Å². The molecule has 10 nitrogen and oxygen atoms in total. The average molecular weight is 490 g/mol. The lowest BCUT2D eigenvalue weighted by Crippen LogP contribution is -2.44. The number of carbonyl (C=O) groups excluding carboxylic acids is 1. The van der Waals surface area contributed by atoms with Gasteiger partial charge in [-0.1, -0.05) is 0 Å². The Hall–Kier alpha value is -3.51. The van der Waals surface area contributed by atoms with E-state index in [1.165, 1.54) is 0 Å². The number of hydrogen-bond donors (Lipinski definition) is 2. The van der Waals surface area contributed by atoms with Crippen molar-refractivity contribution in [2.45, 2.75) is 50.7 Å². The molecule has 1 aliphatic carbocycles. The van der Waals surface area contributed by atoms with Crippen LogP contribution in [-0.2, 0) is 0 Å². The summed E-state index contributed by atoms with van der Waals surface area (Å²) < 4.78 is 44.4. The predicted octanol–water partition coefficient (Wildman–Crippen LogP) is 3.00. The van der Waals surface area contributed by atoms with E-state index in [0.29, 0.717) is 31.3 Å². The number of piperidine rings is 1. The molecule has 186 valence electrons. The lowest BCUT2D eigenvalue weighted by molar-refractivity contribution is -0.149. The normalized spacial score (nSPS) is 18.0. The van der Waals surface area contributed by atoms with Crippen molar-refractivity contribution in [1.29, 1.82) is 0 Å². The molecule has 13 heteroatoms. The molecule has 2 fully saturated rings. The summed E-state index contributed by atoms with van der Waals surface area (Å²) in [6.07, 6.45) is 0.735. The Bertz CT molecular complexity index is 1200. The van der Waals surface area contributed by atoms with Crippen molar-refractivity contribution in [3.63, 3.8) is 0 Å². The highest BCUT2D eigenvalue weighted by molar-refractivity contribution is 5.91. The number of hydrogen-bond acceptors (Lipinski definition) is 8. The van der Waals surface area contributed by atoms with Gasteiger partial charge < -0.3 is 15.0 Å². The minimum Gasteiger partial charge on any atom is -0.463 e. The van der Waals surface area contributed by atoms with Gasteiger partial charge in [0.25, 0.3) is 5.91 Å². The van der Waals surface area contributed by atoms with Crippen molar-refractivity contribution >= 4 is 22.9 Å². The fraction of sp³-hybridized carbons (Fsp3) is 0.545. The molecular formula is C22H25F3N8O2. The van der Waals surface area contributed by atoms with E-state index in [0.717, 1.165) is 43.7 Å². The van der Waals surface area contributed by atoms with E-state index in [2.05, 4.69) is 30.1 Å². The zero-order chi connectivity index (χ0) is 24.6. The Morgan fingerprint density at radius 2 is 2.00 bits per heavy atom. The van der Waals surface area contributed by atoms with E-state index in [9.17, 15) is 18.0 Å². The number of nitrogens with one attached hydrogen (secondary N) is 2. The second-order valence-electron chi connectivity index (χ2n) is 9.01. The SMILES string of the molecule is C[C@H](NC(=O)c1nc(OCC2CC2)nc(N2CCC(c3[nH]nc4ncccc34)CC2)n1)C(F)(F)F. The summed E-state index contributed by atoms with van der Waals surface area (Å²) in [7, 11) is 0. The number of halogens is 3. The molecule has 35 heavy (non-hydrogen) atoms. The largest absolute Gasteiger partial charge is 0.463 e. The summed E-state index contributed by atoms with van der Waals surface area (Å²) in [4.78, 5) is 31.2. The summed E-state index contributed by atoms with van der Waals surface area (Å²) in [5.41, 5.74) is 1.70. The molecule has 5 rings (SSSR count). The first-order valence-electron chi connectivity index (χ1n) is 11.6. The topological polar surface area (TPSA) is 122 Å². The van der Waals surface area contributed by atoms with Gasteiger partial charge in [-0.2, -0.15) is 33.2 Å². The number of pyridine rings is 1. The molecule has 3 aromatic heterocycles. The van der Waals surface area contributed by atoms with Crippen LogP contribution < -0.4 is 15.0 Å². The van der Waals surface area contributed by atoms with E-state index in [-0.39, 0.29) is 17.9 Å². The molecule has 4 heterocycles. The Morgan fingerprint density at radius 1 is 1.23 bits per heavy atom. The minimum atomic E-state index is -4.58. The summed E-state index contributed by atoms with van der Waals surface area (Å²) >= 11 is 0. The molecule has 2 aliphatic rings. The van der Waals surface area contributed by atoms with Crippen molar-refractivity contribution in [2.24, 2.45) is 5.92 Å². The molecule has 0 spiro atoms. The Morgan fingerprint density at radius 3 is 2.71 bits per heavy atom. The van der Waals surface area contributed by atoms with Gasteiger partial charge in [-0.05, 0) is 50.7 Å². The third kappa shape index (κ3) is 5.28. The number of H-pyrrole nitrogens is 1. The summed E-state index contributed by atoms with van der Waals surface area (Å²) in [5.74, 6) is -0.577. The maximum absolute atomic E-state index is 12.9. The quantitative estimate of drug-likeness (QED) is 0.518. The number of amides is 1. The number of aromatic amines is 1. The van der Waals surface area contributed by atoms with Gasteiger partial charge in [-0.3, -0.25) is 9.89 Å². The monoisotopic (exact) mass is 490 g/mol. The van der Waals surface area contributed by atoms with Gasteiger partial charge in [0.1, 0.15) is 6.04 Å². The van der Waals surface area contributed by atoms with Gasteiger partial charge in [0.05, 0.1) is 6.61 Å². The van der Waals surface area contributed by atoms with Gasteiger partial charge >= 0.3 is 12.2 Å². The Kier molecular flexibility index (Phi) is 6.15. The number of fused-ring (bicyclic) bond motifs is 1. The third-order valence-electron chi connectivity index (χ3n) is 6.33. The highest BCUT2D eigenvalue weighted by Crippen LogP contribution is 2.33. The molecule has 0 aromatic carbocycles. The van der Waals surface area contributed by atoms with Gasteiger partial charge in [0.15, 0.2) is 5.65 Å². The van der Waals surface area contributed by atoms with Crippen LogP contribution in [0.4, 0.5) is 19.1 Å². The number of ether oxygens (including phenoxy) is 1. The van der Waals surface area contributed by atoms with Gasteiger partial charge in [-0.25, -0.2) is 4.98 Å². The first-order chi connectivity index (χ1) is 16.8. The summed E-state index contributed by atoms with van der Waals surface area (Å²) in [5, 5.41) is 10.3. The molecule has 1 aliphatic heterocycles. The van der Waals surface area contributed by atoms with Gasteiger partial charge in [0, 0.05) is 36.3 Å². The molecule has 1 saturated heterocycles. The van der Waals surface area contributed by atoms with Gasteiger partial charge in [-0.15, -0.1) is 0 Å². The average Bonchev–Trinajstić information content (AvgIpc) is 3.58. The van der Waals surface area contributed by atoms with Gasteiger partial charge in [0.2, 0.25) is 11.8 Å². The van der Waals surface area contributed by atoms with Crippen molar-refractivity contribution < 1.29 is 22.7 Å². The molecule has 1 atom stereocenters. The smallest absolute Gasteiger partial charge is 0.408 e. The fourth-order valence-electron chi connectivity index (χ4n) is 4.02. The summed E-state index contributed by atoms with van der Waals surface area (Å²) in [6.45, 7) is 2.42. The maximum Gasteiger partial charge on any atom is 0.408 e. The van der Waals surface area contributed by atoms with Crippen molar-refractivity contribution in [3.8, 4) is 6.01 Å². The van der Waals surface area contributed by atoms with Crippen molar-refractivity contribution in [1.82, 2.24) is 35.5 Å². The van der Waals surface area contributed by atoms with Crippen LogP contribution in [0.1, 0.15) is 54.8 Å². The first-order valence-corrected chi connectivity index (χ1v) is 11.6. The minimum absolute atomic E-state index is 0.0560. The fourth-order valence-corrected chi connectivity index (χ4v) is 4.02. The Labute approximate surface area is 198 Å². The van der Waals surface area contributed by atoms with Crippen molar-refractivity contribution in [2.75, 3.05) is 24.6 Å². The van der Waals surface area contributed by atoms with E-state index in [1.54, 1.807) is 6.20 Å². The van der Waals surface area contributed by atoms with E-state index in [1.807, 2.05) is 22.3 Å². The standard InChI is InChI=1S/C22H25F3N8O2/c1-12(22(23,24)25)27-19(34)18-28-20(30-21(29-18)35-11-13-4-5-13)33-9-6-14(7-10-33)16-15-3-2-8-26-17(15)32-31-16/h2-3,8,12-14H,4-7,9-11H2,1H3,(H,27,34)(H,26,31,32)/t12-/m0/s1. The molecule has 0 unspecified atom stereocenters. The predicted molar refractivity (Wildman–Crippen MR) is 119 cm³/mol. The van der Waals surface area contributed by atoms with E-state index < -0.39 is 23.9 Å². The lowest BCUT2D eigenvalue weighted by Gasteiger charge is -2.31. The molecular weight excluding hydrogens is 465 g/mol. The van der Waals surface area contributed by atoms with Crippen LogP contribution in [0.3, 0.4) is 0 Å². The highest BCUT2D eigenvalue weighted by Gasteiger charge is 2.38. The van der Waals surface area contributed by atoms with Crippen LogP contribution >= 0.6 is 0 Å². The molecule has 0 radical (unpaired) electrons. The van der Waals surface area contributed by atoms with Crippen molar-refractivity contribution in [3.05, 3.63) is 29.8 Å². The summed E-state index contributed by atoms with van der Waals surface area (Å²) in [6, 6.07) is 1.76. The second-order valence-corrected chi connectivity index (χ2v) is 9.01. The number of carbonyl (C=O) groups is 1. The molecule has 3 aromatic rings. The zero-order valence-corrected chi connectivity index (χ0v) is 19.0. The number of alkyl halides is 3. The third-order valence-corrected chi connectivity index (χ3v) is 6.33.